The summed E-state index contributed by atoms with van der Waals surface area (Å²) in [7, 11) is 0. The molecule has 152 valence electrons. The Labute approximate surface area is 177 Å². The van der Waals surface area contributed by atoms with E-state index in [2.05, 4.69) is 24.1 Å². The van der Waals surface area contributed by atoms with Crippen molar-refractivity contribution in [1.29, 1.82) is 0 Å². The molecule has 0 saturated carbocycles. The molecule has 1 amide bonds. The number of thioether (sulfide) groups is 1. The lowest BCUT2D eigenvalue weighted by Crippen LogP contribution is -2.24. The zero-order chi connectivity index (χ0) is 21.0. The second kappa shape index (κ2) is 9.37. The number of hydrogen-bond donors (Lipinski definition) is 1. The van der Waals surface area contributed by atoms with E-state index in [0.717, 1.165) is 6.42 Å². The summed E-state index contributed by atoms with van der Waals surface area (Å²) in [4.78, 5) is 41.2. The van der Waals surface area contributed by atoms with E-state index in [1.807, 2.05) is 11.4 Å². The number of amides is 1. The van der Waals surface area contributed by atoms with Crippen molar-refractivity contribution in [3.63, 3.8) is 0 Å². The van der Waals surface area contributed by atoms with Gasteiger partial charge in [-0.25, -0.2) is 4.98 Å². The van der Waals surface area contributed by atoms with Crippen LogP contribution in [-0.4, -0.2) is 27.0 Å². The van der Waals surface area contributed by atoms with Crippen LogP contribution in [0.2, 0.25) is 0 Å². The second-order valence-electron chi connectivity index (χ2n) is 7.14. The van der Waals surface area contributed by atoms with Gasteiger partial charge in [-0.15, -0.1) is 11.3 Å². The summed E-state index contributed by atoms with van der Waals surface area (Å²) in [5.74, 6) is 0.381. The Bertz CT molecular complexity index is 1080. The Morgan fingerprint density at radius 2 is 1.93 bits per heavy atom. The third-order valence-electron chi connectivity index (χ3n) is 4.37. The van der Waals surface area contributed by atoms with Crippen LogP contribution in [-0.2, 0) is 11.3 Å². The summed E-state index contributed by atoms with van der Waals surface area (Å²) in [5.41, 5.74) is 1.84. The van der Waals surface area contributed by atoms with Crippen LogP contribution >= 0.6 is 23.1 Å². The van der Waals surface area contributed by atoms with E-state index in [-0.39, 0.29) is 23.0 Å². The zero-order valence-electron chi connectivity index (χ0n) is 16.6. The minimum Gasteiger partial charge on any atom is -0.325 e. The van der Waals surface area contributed by atoms with Gasteiger partial charge in [-0.3, -0.25) is 19.0 Å². The highest BCUT2D eigenvalue weighted by atomic mass is 32.2. The zero-order valence-corrected chi connectivity index (χ0v) is 18.2. The molecule has 0 radical (unpaired) electrons. The molecule has 0 fully saturated rings. The molecule has 8 heteroatoms. The maximum atomic E-state index is 12.8. The van der Waals surface area contributed by atoms with Crippen LogP contribution in [0.3, 0.4) is 0 Å². The molecule has 0 bridgehead atoms. The molecule has 0 saturated heterocycles. The smallest absolute Gasteiger partial charge is 0.272 e. The molecule has 1 N–H and O–H groups in total. The average molecular weight is 430 g/mol. The highest BCUT2D eigenvalue weighted by molar-refractivity contribution is 7.99. The standard InChI is InChI=1S/C21H23N3O3S2/c1-13(2)8-10-24-20(27)19-17(9-11-28-19)23-21(24)29-12-18(26)22-16-6-4-15(5-7-16)14(3)25/h4-7,9,11,13H,8,10,12H2,1-3H3,(H,22,26). The first-order valence-corrected chi connectivity index (χ1v) is 11.2. The number of nitrogens with zero attached hydrogens (tertiary/aromatic N) is 2. The minimum atomic E-state index is -0.194. The molecule has 1 aromatic carbocycles. The molecule has 29 heavy (non-hydrogen) atoms. The summed E-state index contributed by atoms with van der Waals surface area (Å²) in [6.45, 7) is 6.30. The Morgan fingerprint density at radius 1 is 1.21 bits per heavy atom. The molecular formula is C21H23N3O3S2. The number of Topliss-reactive ketones (excluding diaryl/α,β-unsaturated/α-hetero) is 1. The molecule has 0 aliphatic heterocycles. The van der Waals surface area contributed by atoms with Crippen LogP contribution in [0.15, 0.2) is 45.7 Å². The second-order valence-corrected chi connectivity index (χ2v) is 9.00. The van der Waals surface area contributed by atoms with Gasteiger partial charge < -0.3 is 5.32 Å². The van der Waals surface area contributed by atoms with Crippen molar-refractivity contribution in [1.82, 2.24) is 9.55 Å². The van der Waals surface area contributed by atoms with E-state index in [1.54, 1.807) is 28.8 Å². The van der Waals surface area contributed by atoms with E-state index in [0.29, 0.717) is 39.1 Å². The van der Waals surface area contributed by atoms with Crippen molar-refractivity contribution in [2.24, 2.45) is 5.92 Å². The quantitative estimate of drug-likeness (QED) is 0.325. The van der Waals surface area contributed by atoms with Crippen molar-refractivity contribution in [3.05, 3.63) is 51.6 Å². The first-order valence-electron chi connectivity index (χ1n) is 9.37. The van der Waals surface area contributed by atoms with Gasteiger partial charge in [-0.1, -0.05) is 25.6 Å². The number of anilines is 1. The number of aromatic nitrogens is 2. The molecule has 0 atom stereocenters. The van der Waals surface area contributed by atoms with Crippen LogP contribution in [0.4, 0.5) is 5.69 Å². The Kier molecular flexibility index (Phi) is 6.87. The third kappa shape index (κ3) is 5.33. The molecule has 2 aromatic heterocycles. The van der Waals surface area contributed by atoms with Crippen molar-refractivity contribution in [3.8, 4) is 0 Å². The Morgan fingerprint density at radius 3 is 2.59 bits per heavy atom. The predicted octanol–water partition coefficient (Wildman–Crippen LogP) is 4.44. The molecule has 6 nitrogen and oxygen atoms in total. The van der Waals surface area contributed by atoms with Gasteiger partial charge >= 0.3 is 0 Å². The van der Waals surface area contributed by atoms with Crippen LogP contribution in [0.5, 0.6) is 0 Å². The van der Waals surface area contributed by atoms with E-state index in [1.165, 1.54) is 30.0 Å². The third-order valence-corrected chi connectivity index (χ3v) is 6.24. The molecular weight excluding hydrogens is 406 g/mol. The van der Waals surface area contributed by atoms with Crippen LogP contribution in [0.25, 0.3) is 10.2 Å². The van der Waals surface area contributed by atoms with Gasteiger partial charge in [-0.05, 0) is 55.0 Å². The van der Waals surface area contributed by atoms with Gasteiger partial charge in [0.2, 0.25) is 5.91 Å². The minimum absolute atomic E-state index is 0.0207. The van der Waals surface area contributed by atoms with Crippen molar-refractivity contribution >= 4 is 50.7 Å². The summed E-state index contributed by atoms with van der Waals surface area (Å²) < 4.78 is 2.33. The molecule has 3 rings (SSSR count). The number of rotatable bonds is 8. The van der Waals surface area contributed by atoms with Gasteiger partial charge in [0.05, 0.1) is 11.3 Å². The summed E-state index contributed by atoms with van der Waals surface area (Å²) in [6.07, 6.45) is 0.862. The predicted molar refractivity (Wildman–Crippen MR) is 119 cm³/mol. The van der Waals surface area contributed by atoms with Crippen molar-refractivity contribution < 1.29 is 9.59 Å². The van der Waals surface area contributed by atoms with Crippen LogP contribution < -0.4 is 10.9 Å². The number of carbonyl (C=O) groups excluding carboxylic acids is 2. The summed E-state index contributed by atoms with van der Waals surface area (Å²) in [5, 5.41) is 5.23. The Balaban J connectivity index is 1.73. The monoisotopic (exact) mass is 429 g/mol. The summed E-state index contributed by atoms with van der Waals surface area (Å²) in [6, 6.07) is 8.59. The molecule has 0 unspecified atom stereocenters. The number of thiophene rings is 1. The van der Waals surface area contributed by atoms with Gasteiger partial charge in [0.15, 0.2) is 10.9 Å². The molecule has 0 aliphatic carbocycles. The number of hydrogen-bond acceptors (Lipinski definition) is 6. The first kappa shape index (κ1) is 21.3. The van der Waals surface area contributed by atoms with E-state index in [4.69, 9.17) is 0 Å². The van der Waals surface area contributed by atoms with Crippen LogP contribution in [0, 0.1) is 5.92 Å². The number of fused-ring (bicyclic) bond motifs is 1. The highest BCUT2D eigenvalue weighted by Crippen LogP contribution is 2.22. The van der Waals surface area contributed by atoms with Gasteiger partial charge in [-0.2, -0.15) is 0 Å². The van der Waals surface area contributed by atoms with E-state index >= 15 is 0 Å². The van der Waals surface area contributed by atoms with E-state index in [9.17, 15) is 14.4 Å². The lowest BCUT2D eigenvalue weighted by atomic mass is 10.1. The Hall–Kier alpha value is -2.45. The normalized spacial score (nSPS) is 11.2. The molecule has 0 aliphatic rings. The number of nitrogens with one attached hydrogen (secondary N) is 1. The number of ketones is 1. The van der Waals surface area contributed by atoms with Crippen molar-refractivity contribution in [2.45, 2.75) is 38.9 Å². The first-order chi connectivity index (χ1) is 13.8. The molecule has 3 aromatic rings. The fraction of sp³-hybridized carbons (Fsp3) is 0.333. The topological polar surface area (TPSA) is 81.1 Å². The van der Waals surface area contributed by atoms with Crippen molar-refractivity contribution in [2.75, 3.05) is 11.1 Å². The van der Waals surface area contributed by atoms with E-state index < -0.39 is 0 Å². The maximum absolute atomic E-state index is 12.8. The SMILES string of the molecule is CC(=O)c1ccc(NC(=O)CSc2nc3ccsc3c(=O)n2CCC(C)C)cc1. The molecule has 0 spiro atoms. The van der Waals surface area contributed by atoms with Gasteiger partial charge in [0.25, 0.3) is 5.56 Å². The number of benzene rings is 1. The molecule has 2 heterocycles. The maximum Gasteiger partial charge on any atom is 0.272 e. The fourth-order valence-corrected chi connectivity index (χ4v) is 4.34. The largest absolute Gasteiger partial charge is 0.325 e. The van der Waals surface area contributed by atoms with Gasteiger partial charge in [0.1, 0.15) is 4.70 Å². The highest BCUT2D eigenvalue weighted by Gasteiger charge is 2.15. The summed E-state index contributed by atoms with van der Waals surface area (Å²) >= 11 is 2.65. The van der Waals surface area contributed by atoms with Gasteiger partial charge in [0, 0.05) is 17.8 Å². The number of carbonyl (C=O) groups is 2. The average Bonchev–Trinajstić information content (AvgIpc) is 3.15. The lowest BCUT2D eigenvalue weighted by molar-refractivity contribution is -0.113. The van der Waals surface area contributed by atoms with Crippen LogP contribution in [0.1, 0.15) is 37.6 Å². The fourth-order valence-electron chi connectivity index (χ4n) is 2.73. The lowest BCUT2D eigenvalue weighted by Gasteiger charge is -2.13.